The molecule has 3 aromatic rings. The summed E-state index contributed by atoms with van der Waals surface area (Å²) in [6.45, 7) is 4.58. The summed E-state index contributed by atoms with van der Waals surface area (Å²) in [7, 11) is 0. The highest BCUT2D eigenvalue weighted by molar-refractivity contribution is 5.82. The van der Waals surface area contributed by atoms with Crippen molar-refractivity contribution in [3.8, 4) is 11.1 Å². The van der Waals surface area contributed by atoms with Crippen molar-refractivity contribution in [1.82, 2.24) is 19.4 Å². The average molecular weight is 299 g/mol. The lowest BCUT2D eigenvalue weighted by Crippen LogP contribution is -2.09. The van der Waals surface area contributed by atoms with Crippen molar-refractivity contribution < 1.29 is 4.74 Å². The zero-order valence-electron chi connectivity index (χ0n) is 12.5. The Morgan fingerprint density at radius 3 is 3.00 bits per heavy atom. The number of nitrogens with zero attached hydrogens (tertiary/aromatic N) is 5. The maximum atomic E-state index is 10.7. The van der Waals surface area contributed by atoms with E-state index in [1.807, 2.05) is 38.4 Å². The van der Waals surface area contributed by atoms with Gasteiger partial charge in [-0.25, -0.2) is 9.20 Å². The topological polar surface area (TPSA) is 73.8 Å². The van der Waals surface area contributed by atoms with E-state index in [0.717, 1.165) is 22.2 Å². The second-order valence-corrected chi connectivity index (χ2v) is 4.93. The highest BCUT2D eigenvalue weighted by Gasteiger charge is 2.15. The summed E-state index contributed by atoms with van der Waals surface area (Å²) in [5.41, 5.74) is 3.54. The van der Waals surface area contributed by atoms with Crippen LogP contribution in [0.15, 0.2) is 42.1 Å². The fourth-order valence-corrected chi connectivity index (χ4v) is 2.54. The van der Waals surface area contributed by atoms with Crippen molar-refractivity contribution in [1.29, 1.82) is 0 Å². The quantitative estimate of drug-likeness (QED) is 0.656. The van der Waals surface area contributed by atoms with Gasteiger partial charge in [-0.1, -0.05) is 5.18 Å². The molecule has 0 aliphatic heterocycles. The molecule has 3 heterocycles. The minimum atomic E-state index is -0.143. The number of ether oxygens (including phenoxy) is 1. The molecular formula is C15H17N5O2. The lowest BCUT2D eigenvalue weighted by molar-refractivity contribution is 0.0160. The molecule has 1 atom stereocenters. The van der Waals surface area contributed by atoms with Gasteiger partial charge in [0.05, 0.1) is 17.9 Å². The highest BCUT2D eigenvalue weighted by Crippen LogP contribution is 2.29. The first kappa shape index (κ1) is 14.4. The Hall–Kier alpha value is -2.54. The smallest absolute Gasteiger partial charge is 0.147 e. The van der Waals surface area contributed by atoms with Gasteiger partial charge in [0, 0.05) is 35.7 Å². The molecule has 0 radical (unpaired) electrons. The molecule has 0 spiro atoms. The molecule has 114 valence electrons. The van der Waals surface area contributed by atoms with Gasteiger partial charge in [-0.05, 0) is 26.0 Å². The number of fused-ring (bicyclic) bond motifs is 1. The van der Waals surface area contributed by atoms with E-state index in [-0.39, 0.29) is 12.8 Å². The van der Waals surface area contributed by atoms with E-state index in [2.05, 4.69) is 15.4 Å². The van der Waals surface area contributed by atoms with Crippen molar-refractivity contribution >= 4 is 5.52 Å². The molecule has 0 N–H and O–H groups in total. The van der Waals surface area contributed by atoms with Crippen LogP contribution in [-0.4, -0.2) is 26.0 Å². The monoisotopic (exact) mass is 299 g/mol. The summed E-state index contributed by atoms with van der Waals surface area (Å²) >= 11 is 0. The van der Waals surface area contributed by atoms with E-state index < -0.39 is 0 Å². The van der Waals surface area contributed by atoms with E-state index in [9.17, 15) is 4.91 Å². The van der Waals surface area contributed by atoms with Crippen LogP contribution in [-0.2, 0) is 11.3 Å². The van der Waals surface area contributed by atoms with Gasteiger partial charge in [0.1, 0.15) is 12.8 Å². The summed E-state index contributed by atoms with van der Waals surface area (Å²) in [6, 6.07) is 3.87. The van der Waals surface area contributed by atoms with Crippen molar-refractivity contribution in [2.45, 2.75) is 26.6 Å². The van der Waals surface area contributed by atoms with Crippen LogP contribution in [0.5, 0.6) is 0 Å². The first-order valence-electron chi connectivity index (χ1n) is 7.15. The Balaban J connectivity index is 2.10. The highest BCUT2D eigenvalue weighted by atomic mass is 16.5. The number of hydrogen-bond acceptors (Lipinski definition) is 5. The Kier molecular flexibility index (Phi) is 3.97. The maximum absolute atomic E-state index is 10.7. The molecule has 0 aromatic carbocycles. The SMILES string of the molecule is CCOC(C)n1cc(-c2c(CN=O)cnn3cccc23)cn1. The normalized spacial score (nSPS) is 12.6. The third-order valence-corrected chi connectivity index (χ3v) is 3.55. The minimum Gasteiger partial charge on any atom is -0.357 e. The maximum Gasteiger partial charge on any atom is 0.147 e. The molecule has 7 nitrogen and oxygen atoms in total. The van der Waals surface area contributed by atoms with Crippen molar-refractivity contribution in [3.63, 3.8) is 0 Å². The molecule has 0 bridgehead atoms. The number of nitroso groups, excluding NO2 is 1. The van der Waals surface area contributed by atoms with Gasteiger partial charge in [-0.2, -0.15) is 15.1 Å². The third kappa shape index (κ3) is 2.50. The summed E-state index contributed by atoms with van der Waals surface area (Å²) < 4.78 is 9.07. The van der Waals surface area contributed by atoms with Gasteiger partial charge in [-0.15, -0.1) is 0 Å². The molecule has 7 heteroatoms. The molecule has 0 saturated carbocycles. The standard InChI is InChI=1S/C15H17N5O2/c1-3-22-11(2)20-10-13(8-17-20)15-12(9-18-21)7-16-19-6-4-5-14(15)19/h4-8,10-11H,3,9H2,1-2H3. The summed E-state index contributed by atoms with van der Waals surface area (Å²) in [6.07, 6.45) is 7.08. The van der Waals surface area contributed by atoms with Gasteiger partial charge in [0.2, 0.25) is 0 Å². The number of rotatable bonds is 6. The lowest BCUT2D eigenvalue weighted by Gasteiger charge is -2.11. The lowest BCUT2D eigenvalue weighted by atomic mass is 10.0. The molecule has 3 rings (SSSR count). The van der Waals surface area contributed by atoms with Crippen molar-refractivity contribution in [2.24, 2.45) is 5.18 Å². The molecule has 1 unspecified atom stereocenters. The van der Waals surface area contributed by atoms with Crippen LogP contribution < -0.4 is 0 Å². The third-order valence-electron chi connectivity index (χ3n) is 3.55. The fraction of sp³-hybridized carbons (Fsp3) is 0.333. The van der Waals surface area contributed by atoms with Crippen LogP contribution in [0.25, 0.3) is 16.6 Å². The first-order valence-corrected chi connectivity index (χ1v) is 7.15. The Bertz CT molecular complexity index is 792. The van der Waals surface area contributed by atoms with Crippen molar-refractivity contribution in [2.75, 3.05) is 6.61 Å². The Labute approximate surface area is 127 Å². The van der Waals surface area contributed by atoms with E-state index in [4.69, 9.17) is 4.74 Å². The Morgan fingerprint density at radius 2 is 2.23 bits per heavy atom. The molecule has 0 aliphatic rings. The predicted octanol–water partition coefficient (Wildman–Crippen LogP) is 3.02. The van der Waals surface area contributed by atoms with Gasteiger partial charge < -0.3 is 4.74 Å². The summed E-state index contributed by atoms with van der Waals surface area (Å²) in [5, 5.41) is 11.6. The van der Waals surface area contributed by atoms with E-state index in [0.29, 0.717) is 6.61 Å². The van der Waals surface area contributed by atoms with Crippen LogP contribution in [0, 0.1) is 4.91 Å². The largest absolute Gasteiger partial charge is 0.357 e. The molecule has 0 amide bonds. The number of aromatic nitrogens is 4. The first-order chi connectivity index (χ1) is 10.7. The van der Waals surface area contributed by atoms with Gasteiger partial charge in [0.25, 0.3) is 0 Å². The second-order valence-electron chi connectivity index (χ2n) is 4.93. The zero-order valence-corrected chi connectivity index (χ0v) is 12.5. The van der Waals surface area contributed by atoms with Gasteiger partial charge in [0.15, 0.2) is 0 Å². The summed E-state index contributed by atoms with van der Waals surface area (Å²) in [5.74, 6) is 0. The second kappa shape index (κ2) is 6.07. The van der Waals surface area contributed by atoms with Crippen LogP contribution in [0.4, 0.5) is 0 Å². The van der Waals surface area contributed by atoms with Gasteiger partial charge >= 0.3 is 0 Å². The number of hydrogen-bond donors (Lipinski definition) is 0. The van der Waals surface area contributed by atoms with Gasteiger partial charge in [-0.3, -0.25) is 0 Å². The average Bonchev–Trinajstić information content (AvgIpc) is 3.16. The minimum absolute atomic E-state index is 0.0796. The van der Waals surface area contributed by atoms with E-state index >= 15 is 0 Å². The molecule has 3 aromatic heterocycles. The van der Waals surface area contributed by atoms with E-state index in [1.54, 1.807) is 21.6 Å². The van der Waals surface area contributed by atoms with E-state index in [1.165, 1.54) is 0 Å². The molecular weight excluding hydrogens is 282 g/mol. The van der Waals surface area contributed by atoms with Crippen LogP contribution in [0.2, 0.25) is 0 Å². The van der Waals surface area contributed by atoms with Crippen LogP contribution >= 0.6 is 0 Å². The summed E-state index contributed by atoms with van der Waals surface area (Å²) in [4.78, 5) is 10.7. The molecule has 0 aliphatic carbocycles. The van der Waals surface area contributed by atoms with Crippen LogP contribution in [0.3, 0.4) is 0 Å². The Morgan fingerprint density at radius 1 is 1.36 bits per heavy atom. The van der Waals surface area contributed by atoms with Crippen molar-refractivity contribution in [3.05, 3.63) is 47.4 Å². The predicted molar refractivity (Wildman–Crippen MR) is 82.2 cm³/mol. The zero-order chi connectivity index (χ0) is 15.5. The van der Waals surface area contributed by atoms with Crippen LogP contribution in [0.1, 0.15) is 25.6 Å². The fourth-order valence-electron chi connectivity index (χ4n) is 2.54. The molecule has 22 heavy (non-hydrogen) atoms. The molecule has 0 fully saturated rings. The molecule has 0 saturated heterocycles.